The highest BCUT2D eigenvalue weighted by Gasteiger charge is 2.35. The van der Waals surface area contributed by atoms with Crippen molar-refractivity contribution in [3.05, 3.63) is 29.8 Å². The van der Waals surface area contributed by atoms with E-state index in [4.69, 9.17) is 0 Å². The summed E-state index contributed by atoms with van der Waals surface area (Å²) in [5, 5.41) is 9.76. The van der Waals surface area contributed by atoms with Gasteiger partial charge in [-0.15, -0.1) is 0 Å². The Morgan fingerprint density at radius 3 is 2.44 bits per heavy atom. The van der Waals surface area contributed by atoms with Gasteiger partial charge in [0.05, 0.1) is 10.5 Å². The lowest BCUT2D eigenvalue weighted by Gasteiger charge is -2.36. The molecule has 18 heavy (non-hydrogen) atoms. The summed E-state index contributed by atoms with van der Waals surface area (Å²) >= 11 is 0. The van der Waals surface area contributed by atoms with Crippen LogP contribution in [0.5, 0.6) is 0 Å². The topological polar surface area (TPSA) is 66.4 Å². The average Bonchev–Trinajstić information content (AvgIpc) is 2.27. The van der Waals surface area contributed by atoms with Gasteiger partial charge in [0, 0.05) is 6.54 Å². The van der Waals surface area contributed by atoms with Gasteiger partial charge in [-0.2, -0.15) is 0 Å². The van der Waals surface area contributed by atoms with E-state index in [2.05, 4.69) is 4.72 Å². The SMILES string of the molecule is O=S(=O)(NCC1(O)CCC1)c1ccc(F)c(F)c1. The Bertz CT molecular complexity index is 555. The van der Waals surface area contributed by atoms with Crippen LogP contribution >= 0.6 is 0 Å². The molecule has 0 aromatic heterocycles. The normalized spacial score (nSPS) is 18.4. The minimum absolute atomic E-state index is 0.117. The third-order valence-electron chi connectivity index (χ3n) is 3.08. The first-order valence-corrected chi connectivity index (χ1v) is 6.98. The van der Waals surface area contributed by atoms with E-state index < -0.39 is 27.3 Å². The van der Waals surface area contributed by atoms with E-state index in [1.165, 1.54) is 0 Å². The lowest BCUT2D eigenvalue weighted by atomic mass is 9.81. The summed E-state index contributed by atoms with van der Waals surface area (Å²) in [6.45, 7) is -0.117. The molecular weight excluding hydrogens is 264 g/mol. The van der Waals surface area contributed by atoms with E-state index in [0.29, 0.717) is 18.9 Å². The van der Waals surface area contributed by atoms with Gasteiger partial charge in [0.2, 0.25) is 10.0 Å². The monoisotopic (exact) mass is 277 g/mol. The molecule has 1 aliphatic carbocycles. The highest BCUT2D eigenvalue weighted by atomic mass is 32.2. The van der Waals surface area contributed by atoms with Crippen molar-refractivity contribution in [3.8, 4) is 0 Å². The van der Waals surface area contributed by atoms with Gasteiger partial charge in [0.25, 0.3) is 0 Å². The summed E-state index contributed by atoms with van der Waals surface area (Å²) in [5.74, 6) is -2.33. The molecule has 0 bridgehead atoms. The van der Waals surface area contributed by atoms with Crippen LogP contribution in [-0.4, -0.2) is 25.7 Å². The molecule has 1 aromatic carbocycles. The fraction of sp³-hybridized carbons (Fsp3) is 0.455. The van der Waals surface area contributed by atoms with Crippen LogP contribution < -0.4 is 4.72 Å². The van der Waals surface area contributed by atoms with Crippen LogP contribution in [-0.2, 0) is 10.0 Å². The lowest BCUT2D eigenvalue weighted by molar-refractivity contribution is -0.0270. The van der Waals surface area contributed by atoms with Crippen LogP contribution in [0, 0.1) is 11.6 Å². The van der Waals surface area contributed by atoms with Gasteiger partial charge < -0.3 is 5.11 Å². The minimum atomic E-state index is -3.93. The number of rotatable bonds is 4. The Kier molecular flexibility index (Phi) is 3.39. The highest BCUT2D eigenvalue weighted by molar-refractivity contribution is 7.89. The maximum absolute atomic E-state index is 12.9. The van der Waals surface area contributed by atoms with Crippen molar-refractivity contribution >= 4 is 10.0 Å². The molecule has 2 rings (SSSR count). The van der Waals surface area contributed by atoms with Crippen LogP contribution in [0.3, 0.4) is 0 Å². The first-order chi connectivity index (χ1) is 8.32. The summed E-state index contributed by atoms with van der Waals surface area (Å²) in [5.41, 5.74) is -1.01. The van der Waals surface area contributed by atoms with Crippen molar-refractivity contribution in [2.75, 3.05) is 6.54 Å². The molecule has 0 amide bonds. The molecule has 1 aliphatic rings. The van der Waals surface area contributed by atoms with Gasteiger partial charge in [-0.05, 0) is 37.5 Å². The van der Waals surface area contributed by atoms with Crippen LogP contribution in [0.1, 0.15) is 19.3 Å². The zero-order valence-electron chi connectivity index (χ0n) is 9.49. The lowest BCUT2D eigenvalue weighted by Crippen LogP contribution is -2.47. The molecule has 0 unspecified atom stereocenters. The number of hydrogen-bond donors (Lipinski definition) is 2. The Morgan fingerprint density at radius 2 is 1.94 bits per heavy atom. The highest BCUT2D eigenvalue weighted by Crippen LogP contribution is 2.31. The van der Waals surface area contributed by atoms with E-state index in [9.17, 15) is 22.3 Å². The summed E-state index contributed by atoms with van der Waals surface area (Å²) in [4.78, 5) is -0.357. The third kappa shape index (κ3) is 2.68. The summed E-state index contributed by atoms with van der Waals surface area (Å²) in [6.07, 6.45) is 1.92. The van der Waals surface area contributed by atoms with E-state index in [0.717, 1.165) is 18.6 Å². The molecule has 4 nitrogen and oxygen atoms in total. The summed E-state index contributed by atoms with van der Waals surface area (Å²) in [7, 11) is -3.93. The zero-order chi connectivity index (χ0) is 13.4. The first-order valence-electron chi connectivity index (χ1n) is 5.50. The summed E-state index contributed by atoms with van der Waals surface area (Å²) < 4.78 is 51.4. The largest absolute Gasteiger partial charge is 0.389 e. The fourth-order valence-corrected chi connectivity index (χ4v) is 2.85. The number of nitrogens with one attached hydrogen (secondary N) is 1. The molecule has 7 heteroatoms. The quantitative estimate of drug-likeness (QED) is 0.868. The maximum Gasteiger partial charge on any atom is 0.240 e. The second-order valence-corrected chi connectivity index (χ2v) is 6.25. The smallest absolute Gasteiger partial charge is 0.240 e. The molecule has 0 aliphatic heterocycles. The molecular formula is C11H13F2NO3S. The summed E-state index contributed by atoms with van der Waals surface area (Å²) in [6, 6.07) is 2.34. The molecule has 1 fully saturated rings. The predicted octanol–water partition coefficient (Wildman–Crippen LogP) is 1.16. The number of aliphatic hydroxyl groups is 1. The van der Waals surface area contributed by atoms with Gasteiger partial charge in [-0.1, -0.05) is 0 Å². The second-order valence-electron chi connectivity index (χ2n) is 4.48. The van der Waals surface area contributed by atoms with Crippen LogP contribution in [0.2, 0.25) is 0 Å². The number of benzene rings is 1. The molecule has 0 spiro atoms. The molecule has 0 radical (unpaired) electrons. The van der Waals surface area contributed by atoms with E-state index >= 15 is 0 Å². The van der Waals surface area contributed by atoms with Gasteiger partial charge in [-0.3, -0.25) is 0 Å². The van der Waals surface area contributed by atoms with Crippen LogP contribution in [0.4, 0.5) is 8.78 Å². The average molecular weight is 277 g/mol. The van der Waals surface area contributed by atoms with E-state index in [-0.39, 0.29) is 11.4 Å². The second kappa shape index (κ2) is 4.56. The van der Waals surface area contributed by atoms with E-state index in [1.807, 2.05) is 0 Å². The molecule has 2 N–H and O–H groups in total. The Hall–Kier alpha value is -1.05. The Morgan fingerprint density at radius 1 is 1.28 bits per heavy atom. The molecule has 1 aromatic rings. The maximum atomic E-state index is 12.9. The van der Waals surface area contributed by atoms with Crippen molar-refractivity contribution in [1.82, 2.24) is 4.72 Å². The molecule has 0 heterocycles. The van der Waals surface area contributed by atoms with Crippen molar-refractivity contribution in [1.29, 1.82) is 0 Å². The fourth-order valence-electron chi connectivity index (χ4n) is 1.72. The van der Waals surface area contributed by atoms with Gasteiger partial charge in [0.15, 0.2) is 11.6 Å². The first kappa shape index (κ1) is 13.4. The van der Waals surface area contributed by atoms with Crippen molar-refractivity contribution in [2.24, 2.45) is 0 Å². The molecule has 0 atom stereocenters. The van der Waals surface area contributed by atoms with Crippen LogP contribution in [0.15, 0.2) is 23.1 Å². The number of halogens is 2. The van der Waals surface area contributed by atoms with Crippen molar-refractivity contribution < 1.29 is 22.3 Å². The molecule has 1 saturated carbocycles. The Balaban J connectivity index is 2.12. The van der Waals surface area contributed by atoms with Gasteiger partial charge in [-0.25, -0.2) is 21.9 Å². The standard InChI is InChI=1S/C11H13F2NO3S/c12-9-3-2-8(6-10(9)13)18(16,17)14-7-11(15)4-1-5-11/h2-3,6,14-15H,1,4-5,7H2. The van der Waals surface area contributed by atoms with Gasteiger partial charge in [0.1, 0.15) is 0 Å². The minimum Gasteiger partial charge on any atom is -0.389 e. The third-order valence-corrected chi connectivity index (χ3v) is 4.48. The predicted molar refractivity (Wildman–Crippen MR) is 60.3 cm³/mol. The van der Waals surface area contributed by atoms with Crippen molar-refractivity contribution in [3.63, 3.8) is 0 Å². The number of sulfonamides is 1. The Labute approximate surface area is 104 Å². The van der Waals surface area contributed by atoms with Crippen LogP contribution in [0.25, 0.3) is 0 Å². The van der Waals surface area contributed by atoms with E-state index in [1.54, 1.807) is 0 Å². The van der Waals surface area contributed by atoms with Gasteiger partial charge >= 0.3 is 0 Å². The van der Waals surface area contributed by atoms with Crippen molar-refractivity contribution in [2.45, 2.75) is 29.8 Å². The molecule has 100 valence electrons. The number of hydrogen-bond acceptors (Lipinski definition) is 3. The zero-order valence-corrected chi connectivity index (χ0v) is 10.3. The molecule has 0 saturated heterocycles.